The Balaban J connectivity index is 0.000000510. The standard InChI is InChI=1S/C32H46O3.C3H6O.CH4O/c1-21-24-13-17-31(3)25-14-19-32(29(34)35-20-22-8-5-4-6-9-22)16-7-10-26(32)23(25)11-12-28(31)30(24,2)18-15-27(21)33;1-3-2-4-3;1-2/h4-6,8-9,21,23-28,33H,7,10-20H2,1-3H3;3H,2H2,1H3;2H,1H3. The maximum Gasteiger partial charge on any atom is 0.312 e. The maximum atomic E-state index is 13.7. The highest BCUT2D eigenvalue weighted by Crippen LogP contribution is 2.71. The second-order valence-corrected chi connectivity index (χ2v) is 14.9. The highest BCUT2D eigenvalue weighted by atomic mass is 16.6. The molecule has 0 amide bonds. The molecule has 1 aliphatic heterocycles. The van der Waals surface area contributed by atoms with E-state index in [1.54, 1.807) is 0 Å². The monoisotopic (exact) mass is 568 g/mol. The van der Waals surface area contributed by atoms with Gasteiger partial charge in [0.15, 0.2) is 0 Å². The first-order valence-electron chi connectivity index (χ1n) is 16.6. The van der Waals surface area contributed by atoms with Crippen LogP contribution in [0.25, 0.3) is 0 Å². The molecule has 0 aromatic heterocycles. The summed E-state index contributed by atoms with van der Waals surface area (Å²) in [6.45, 7) is 11.0. The highest BCUT2D eigenvalue weighted by Gasteiger charge is 2.66. The Labute approximate surface area is 248 Å². The fourth-order valence-corrected chi connectivity index (χ4v) is 11.1. The third-order valence-electron chi connectivity index (χ3n) is 13.2. The summed E-state index contributed by atoms with van der Waals surface area (Å²) < 4.78 is 10.7. The lowest BCUT2D eigenvalue weighted by Gasteiger charge is -2.67. The molecule has 0 bridgehead atoms. The summed E-state index contributed by atoms with van der Waals surface area (Å²) in [7, 11) is 1.00. The van der Waals surface area contributed by atoms with Crippen LogP contribution in [-0.4, -0.2) is 42.1 Å². The summed E-state index contributed by atoms with van der Waals surface area (Å²) in [6, 6.07) is 10.2. The van der Waals surface area contributed by atoms with Crippen LogP contribution < -0.4 is 0 Å². The number of fused-ring (bicyclic) bond motifs is 7. The number of aliphatic hydroxyl groups excluding tert-OH is 2. The van der Waals surface area contributed by atoms with Crippen molar-refractivity contribution in [1.29, 1.82) is 0 Å². The Morgan fingerprint density at radius 2 is 1.51 bits per heavy atom. The summed E-state index contributed by atoms with van der Waals surface area (Å²) in [4.78, 5) is 13.7. The van der Waals surface area contributed by atoms with Crippen LogP contribution in [0.3, 0.4) is 0 Å². The van der Waals surface area contributed by atoms with E-state index in [9.17, 15) is 9.90 Å². The van der Waals surface area contributed by atoms with Gasteiger partial charge in [-0.05, 0) is 123 Å². The summed E-state index contributed by atoms with van der Waals surface area (Å²) in [5.41, 5.74) is 1.61. The molecule has 2 N–H and O–H groups in total. The minimum Gasteiger partial charge on any atom is -0.460 e. The van der Waals surface area contributed by atoms with Gasteiger partial charge in [0.1, 0.15) is 6.61 Å². The molecule has 41 heavy (non-hydrogen) atoms. The fraction of sp³-hybridized carbons (Fsp3) is 0.806. The Morgan fingerprint density at radius 3 is 2.20 bits per heavy atom. The van der Waals surface area contributed by atoms with Crippen molar-refractivity contribution in [2.24, 2.45) is 51.8 Å². The van der Waals surface area contributed by atoms with E-state index < -0.39 is 0 Å². The molecule has 0 radical (unpaired) electrons. The SMILES string of the molecule is CC1C(O)CCC2(C)C1CCC1(C)C3CCC4(C(=O)OCc5ccccc5)CCCC4C3CCC21.CC1CO1.CO. The molecule has 1 heterocycles. The maximum absolute atomic E-state index is 13.7. The van der Waals surface area contributed by atoms with Crippen molar-refractivity contribution in [3.63, 3.8) is 0 Å². The molecule has 11 unspecified atom stereocenters. The van der Waals surface area contributed by atoms with Crippen LogP contribution in [0, 0.1) is 51.8 Å². The molecule has 5 aliphatic carbocycles. The number of epoxide rings is 1. The number of benzene rings is 1. The predicted molar refractivity (Wildman–Crippen MR) is 162 cm³/mol. The van der Waals surface area contributed by atoms with E-state index in [0.717, 1.165) is 50.4 Å². The van der Waals surface area contributed by atoms with Crippen LogP contribution in [0.1, 0.15) is 104 Å². The van der Waals surface area contributed by atoms with Gasteiger partial charge in [0.25, 0.3) is 0 Å². The van der Waals surface area contributed by atoms with E-state index in [1.165, 1.54) is 51.4 Å². The van der Waals surface area contributed by atoms with E-state index in [0.29, 0.717) is 47.2 Å². The number of ether oxygens (including phenoxy) is 2. The summed E-state index contributed by atoms with van der Waals surface area (Å²) in [6.07, 6.45) is 13.5. The lowest BCUT2D eigenvalue weighted by molar-refractivity contribution is -0.201. The van der Waals surface area contributed by atoms with Crippen molar-refractivity contribution < 1.29 is 24.5 Å². The topological polar surface area (TPSA) is 79.3 Å². The van der Waals surface area contributed by atoms with Crippen LogP contribution in [0.2, 0.25) is 0 Å². The molecule has 1 aromatic carbocycles. The van der Waals surface area contributed by atoms with Crippen LogP contribution in [0.15, 0.2) is 30.3 Å². The normalized spacial score (nSPS) is 45.6. The largest absolute Gasteiger partial charge is 0.460 e. The first kappa shape index (κ1) is 31.0. The zero-order valence-electron chi connectivity index (χ0n) is 26.3. The van der Waals surface area contributed by atoms with Crippen molar-refractivity contribution >= 4 is 5.97 Å². The molecule has 5 nitrogen and oxygen atoms in total. The van der Waals surface area contributed by atoms with Crippen LogP contribution in [-0.2, 0) is 20.9 Å². The molecule has 6 fully saturated rings. The third-order valence-corrected chi connectivity index (χ3v) is 13.2. The smallest absolute Gasteiger partial charge is 0.312 e. The van der Waals surface area contributed by atoms with Crippen molar-refractivity contribution in [1.82, 2.24) is 0 Å². The summed E-state index contributed by atoms with van der Waals surface area (Å²) in [5.74, 6) is 3.92. The average Bonchev–Trinajstić information content (AvgIpc) is 3.64. The number of aliphatic hydroxyl groups is 2. The van der Waals surface area contributed by atoms with Gasteiger partial charge in [0, 0.05) is 7.11 Å². The van der Waals surface area contributed by atoms with E-state index >= 15 is 0 Å². The number of rotatable bonds is 3. The van der Waals surface area contributed by atoms with Crippen LogP contribution in [0.5, 0.6) is 0 Å². The Morgan fingerprint density at radius 1 is 0.878 bits per heavy atom. The Kier molecular flexibility index (Phi) is 9.29. The van der Waals surface area contributed by atoms with Crippen molar-refractivity contribution in [2.75, 3.05) is 13.7 Å². The second kappa shape index (κ2) is 12.3. The fourth-order valence-electron chi connectivity index (χ4n) is 11.1. The molecule has 5 saturated carbocycles. The Bertz CT molecular complexity index is 1020. The van der Waals surface area contributed by atoms with Crippen LogP contribution >= 0.6 is 0 Å². The molecule has 1 saturated heterocycles. The minimum atomic E-state index is -0.232. The number of hydrogen-bond acceptors (Lipinski definition) is 5. The number of carbonyl (C=O) groups is 1. The quantitative estimate of drug-likeness (QED) is 0.298. The molecule has 5 heteroatoms. The molecular weight excluding hydrogens is 512 g/mol. The lowest BCUT2D eigenvalue weighted by atomic mass is 9.37. The number of esters is 1. The van der Waals surface area contributed by atoms with Crippen molar-refractivity contribution in [2.45, 2.75) is 117 Å². The molecule has 0 spiro atoms. The number of carbonyl (C=O) groups excluding carboxylic acids is 1. The van der Waals surface area contributed by atoms with Gasteiger partial charge in [-0.1, -0.05) is 57.5 Å². The van der Waals surface area contributed by atoms with Gasteiger partial charge in [-0.25, -0.2) is 0 Å². The molecule has 6 aliphatic rings. The summed E-state index contributed by atoms with van der Waals surface area (Å²) >= 11 is 0. The molecule has 1 aromatic rings. The van der Waals surface area contributed by atoms with Crippen molar-refractivity contribution in [3.8, 4) is 0 Å². The summed E-state index contributed by atoms with van der Waals surface area (Å²) in [5, 5.41) is 17.6. The zero-order chi connectivity index (χ0) is 29.4. The van der Waals surface area contributed by atoms with Crippen LogP contribution in [0.4, 0.5) is 0 Å². The average molecular weight is 569 g/mol. The first-order valence-corrected chi connectivity index (χ1v) is 16.6. The number of hydrogen-bond donors (Lipinski definition) is 2. The first-order chi connectivity index (χ1) is 19.7. The van der Waals surface area contributed by atoms with Gasteiger partial charge < -0.3 is 19.7 Å². The Hall–Kier alpha value is -1.43. The van der Waals surface area contributed by atoms with E-state index in [-0.39, 0.29) is 17.5 Å². The van der Waals surface area contributed by atoms with Crippen molar-refractivity contribution in [3.05, 3.63) is 35.9 Å². The van der Waals surface area contributed by atoms with Gasteiger partial charge >= 0.3 is 5.97 Å². The molecule has 7 rings (SSSR count). The van der Waals surface area contributed by atoms with Gasteiger partial charge in [0.2, 0.25) is 0 Å². The van der Waals surface area contributed by atoms with E-state index in [2.05, 4.69) is 39.8 Å². The lowest BCUT2D eigenvalue weighted by Crippen LogP contribution is -2.61. The molecule has 230 valence electrons. The van der Waals surface area contributed by atoms with Gasteiger partial charge in [-0.15, -0.1) is 0 Å². The van der Waals surface area contributed by atoms with Gasteiger partial charge in [0.05, 0.1) is 24.2 Å². The highest BCUT2D eigenvalue weighted by molar-refractivity contribution is 5.78. The zero-order valence-corrected chi connectivity index (χ0v) is 26.3. The molecule has 11 atom stereocenters. The van der Waals surface area contributed by atoms with E-state index in [1.807, 2.05) is 18.2 Å². The predicted octanol–water partition coefficient (Wildman–Crippen LogP) is 7.18. The second-order valence-electron chi connectivity index (χ2n) is 14.9. The third kappa shape index (κ3) is 5.53. The molecular formula is C36H56O5. The minimum absolute atomic E-state index is 0.0975. The van der Waals surface area contributed by atoms with E-state index in [4.69, 9.17) is 14.6 Å². The van der Waals surface area contributed by atoms with Gasteiger partial charge in [-0.2, -0.15) is 0 Å². The van der Waals surface area contributed by atoms with Gasteiger partial charge in [-0.3, -0.25) is 4.79 Å².